The SMILES string of the molecule is CSCCCOc1nc2[nH]c(=O)ccc2c(=O)n1-c1ccc(OCC(F)(F)F)cc1. The van der Waals surface area contributed by atoms with E-state index >= 15 is 0 Å². The number of nitrogens with one attached hydrogen (secondary N) is 1. The molecule has 0 radical (unpaired) electrons. The van der Waals surface area contributed by atoms with Crippen molar-refractivity contribution in [3.05, 3.63) is 57.1 Å². The topological polar surface area (TPSA) is 86.2 Å². The average molecular weight is 441 g/mol. The fourth-order valence-corrected chi connectivity index (χ4v) is 3.03. The number of aromatic amines is 1. The van der Waals surface area contributed by atoms with Crippen LogP contribution in [-0.2, 0) is 0 Å². The number of benzene rings is 1. The first-order valence-electron chi connectivity index (χ1n) is 8.86. The van der Waals surface area contributed by atoms with Crippen LogP contribution in [0.3, 0.4) is 0 Å². The van der Waals surface area contributed by atoms with Gasteiger partial charge in [-0.05, 0) is 48.8 Å². The fraction of sp³-hybridized carbons (Fsp3) is 0.316. The molecule has 0 aliphatic carbocycles. The van der Waals surface area contributed by atoms with Crippen LogP contribution in [0.1, 0.15) is 6.42 Å². The van der Waals surface area contributed by atoms with Crippen LogP contribution in [0.2, 0.25) is 0 Å². The van der Waals surface area contributed by atoms with Gasteiger partial charge in [-0.3, -0.25) is 9.59 Å². The first-order valence-corrected chi connectivity index (χ1v) is 10.3. The van der Waals surface area contributed by atoms with Crippen molar-refractivity contribution in [2.75, 3.05) is 25.2 Å². The second-order valence-electron chi connectivity index (χ2n) is 6.21. The van der Waals surface area contributed by atoms with Crippen molar-refractivity contribution in [3.63, 3.8) is 0 Å². The molecule has 0 spiro atoms. The minimum Gasteiger partial charge on any atom is -0.484 e. The molecule has 0 aliphatic rings. The molecule has 11 heteroatoms. The molecule has 30 heavy (non-hydrogen) atoms. The highest BCUT2D eigenvalue weighted by Gasteiger charge is 2.28. The zero-order valence-corrected chi connectivity index (χ0v) is 16.7. The molecule has 0 saturated heterocycles. The van der Waals surface area contributed by atoms with E-state index in [9.17, 15) is 22.8 Å². The summed E-state index contributed by atoms with van der Waals surface area (Å²) >= 11 is 1.64. The predicted octanol–water partition coefficient (Wildman–Crippen LogP) is 3.15. The Labute approximate surface area is 172 Å². The van der Waals surface area contributed by atoms with Gasteiger partial charge in [0.1, 0.15) is 5.75 Å². The number of ether oxygens (including phenoxy) is 2. The molecular weight excluding hydrogens is 423 g/mol. The Morgan fingerprint density at radius 2 is 1.83 bits per heavy atom. The van der Waals surface area contributed by atoms with Crippen LogP contribution in [0, 0.1) is 0 Å². The van der Waals surface area contributed by atoms with Gasteiger partial charge in [0.25, 0.3) is 5.56 Å². The summed E-state index contributed by atoms with van der Waals surface area (Å²) in [6, 6.07) is 8.05. The molecule has 0 bridgehead atoms. The maximum absolute atomic E-state index is 13.0. The van der Waals surface area contributed by atoms with Crippen molar-refractivity contribution in [1.82, 2.24) is 14.5 Å². The van der Waals surface area contributed by atoms with Crippen LogP contribution < -0.4 is 20.6 Å². The van der Waals surface area contributed by atoms with E-state index in [1.165, 1.54) is 41.0 Å². The molecule has 1 aromatic carbocycles. The summed E-state index contributed by atoms with van der Waals surface area (Å²) in [5.41, 5.74) is -0.472. The number of rotatable bonds is 8. The summed E-state index contributed by atoms with van der Waals surface area (Å²) in [5.74, 6) is 0.851. The highest BCUT2D eigenvalue weighted by atomic mass is 32.2. The Morgan fingerprint density at radius 1 is 1.10 bits per heavy atom. The second kappa shape index (κ2) is 9.24. The molecule has 160 valence electrons. The van der Waals surface area contributed by atoms with Gasteiger partial charge < -0.3 is 14.5 Å². The van der Waals surface area contributed by atoms with Gasteiger partial charge in [0.15, 0.2) is 12.3 Å². The third-order valence-corrected chi connectivity index (χ3v) is 4.65. The Kier molecular flexibility index (Phi) is 6.70. The first-order chi connectivity index (χ1) is 14.3. The van der Waals surface area contributed by atoms with Crippen LogP contribution in [0.5, 0.6) is 11.8 Å². The minimum atomic E-state index is -4.45. The van der Waals surface area contributed by atoms with Crippen LogP contribution in [0.25, 0.3) is 16.7 Å². The lowest BCUT2D eigenvalue weighted by molar-refractivity contribution is -0.153. The van der Waals surface area contributed by atoms with Gasteiger partial charge in [-0.1, -0.05) is 0 Å². The summed E-state index contributed by atoms with van der Waals surface area (Å²) in [5, 5.41) is 0.170. The molecule has 0 fully saturated rings. The van der Waals surface area contributed by atoms with Crippen LogP contribution in [0.4, 0.5) is 13.2 Å². The molecule has 2 heterocycles. The summed E-state index contributed by atoms with van der Waals surface area (Å²) < 4.78 is 48.5. The van der Waals surface area contributed by atoms with E-state index in [-0.39, 0.29) is 22.8 Å². The molecule has 3 aromatic rings. The summed E-state index contributed by atoms with van der Waals surface area (Å²) in [7, 11) is 0. The number of hydrogen-bond acceptors (Lipinski definition) is 6. The number of hydrogen-bond donors (Lipinski definition) is 1. The standard InChI is InChI=1S/C19H18F3N3O4S/c1-30-10-2-9-28-18-24-16-14(7-8-15(26)23-16)17(27)25(18)12-3-5-13(6-4-12)29-11-19(20,21)22/h3-8H,2,9-11H2,1H3,(H,23,26). The Bertz CT molecular complexity index is 1130. The van der Waals surface area contributed by atoms with Gasteiger partial charge in [-0.2, -0.15) is 29.9 Å². The molecule has 0 amide bonds. The zero-order valence-electron chi connectivity index (χ0n) is 15.9. The normalized spacial score (nSPS) is 11.6. The van der Waals surface area contributed by atoms with E-state index in [0.717, 1.165) is 5.75 Å². The number of H-pyrrole nitrogens is 1. The lowest BCUT2D eigenvalue weighted by atomic mass is 10.2. The van der Waals surface area contributed by atoms with Gasteiger partial charge in [0.2, 0.25) is 5.56 Å². The molecular formula is C19H18F3N3O4S. The zero-order chi connectivity index (χ0) is 21.7. The van der Waals surface area contributed by atoms with Crippen molar-refractivity contribution in [2.24, 2.45) is 0 Å². The van der Waals surface area contributed by atoms with Crippen molar-refractivity contribution in [2.45, 2.75) is 12.6 Å². The van der Waals surface area contributed by atoms with Crippen molar-refractivity contribution in [1.29, 1.82) is 0 Å². The number of fused-ring (bicyclic) bond motifs is 1. The summed E-state index contributed by atoms with van der Waals surface area (Å²) in [6.07, 6.45) is -1.78. The number of thioether (sulfide) groups is 1. The second-order valence-corrected chi connectivity index (χ2v) is 7.20. The fourth-order valence-electron chi connectivity index (χ4n) is 2.63. The van der Waals surface area contributed by atoms with Crippen LogP contribution in [0.15, 0.2) is 46.0 Å². The largest absolute Gasteiger partial charge is 0.484 e. The molecule has 0 atom stereocenters. The number of aromatic nitrogens is 3. The molecule has 1 N–H and O–H groups in total. The van der Waals surface area contributed by atoms with E-state index in [2.05, 4.69) is 9.97 Å². The van der Waals surface area contributed by atoms with Crippen molar-refractivity contribution in [3.8, 4) is 17.4 Å². The number of alkyl halides is 3. The molecule has 0 unspecified atom stereocenters. The number of pyridine rings is 1. The predicted molar refractivity (Wildman–Crippen MR) is 108 cm³/mol. The lowest BCUT2D eigenvalue weighted by Gasteiger charge is -2.14. The minimum absolute atomic E-state index is 0.00430. The molecule has 0 aliphatic heterocycles. The number of nitrogens with zero attached hydrogens (tertiary/aromatic N) is 2. The van der Waals surface area contributed by atoms with E-state index in [4.69, 9.17) is 9.47 Å². The third-order valence-electron chi connectivity index (χ3n) is 3.95. The Hall–Kier alpha value is -2.95. The van der Waals surface area contributed by atoms with Crippen LogP contribution >= 0.6 is 11.8 Å². The third kappa shape index (κ3) is 5.35. The van der Waals surface area contributed by atoms with Gasteiger partial charge in [0.05, 0.1) is 17.7 Å². The van der Waals surface area contributed by atoms with Crippen molar-refractivity contribution >= 4 is 22.8 Å². The van der Waals surface area contributed by atoms with Gasteiger partial charge >= 0.3 is 12.2 Å². The molecule has 7 nitrogen and oxygen atoms in total. The smallest absolute Gasteiger partial charge is 0.422 e. The first kappa shape index (κ1) is 21.8. The Morgan fingerprint density at radius 3 is 2.50 bits per heavy atom. The quantitative estimate of drug-likeness (QED) is 0.541. The Balaban J connectivity index is 1.99. The molecule has 2 aromatic heterocycles. The molecule has 3 rings (SSSR count). The maximum atomic E-state index is 13.0. The highest BCUT2D eigenvalue weighted by Crippen LogP contribution is 2.22. The average Bonchev–Trinajstić information content (AvgIpc) is 2.69. The summed E-state index contributed by atoms with van der Waals surface area (Å²) in [4.78, 5) is 31.4. The monoisotopic (exact) mass is 441 g/mol. The maximum Gasteiger partial charge on any atom is 0.422 e. The van der Waals surface area contributed by atoms with E-state index < -0.39 is 23.9 Å². The lowest BCUT2D eigenvalue weighted by Crippen LogP contribution is -2.24. The summed E-state index contributed by atoms with van der Waals surface area (Å²) in [6.45, 7) is -1.12. The highest BCUT2D eigenvalue weighted by molar-refractivity contribution is 7.98. The van der Waals surface area contributed by atoms with Crippen molar-refractivity contribution < 1.29 is 22.6 Å². The van der Waals surface area contributed by atoms with Gasteiger partial charge in [-0.15, -0.1) is 0 Å². The van der Waals surface area contributed by atoms with Crippen LogP contribution in [-0.4, -0.2) is 45.9 Å². The van der Waals surface area contributed by atoms with E-state index in [1.54, 1.807) is 11.8 Å². The van der Waals surface area contributed by atoms with Gasteiger partial charge in [0, 0.05) is 6.07 Å². The van der Waals surface area contributed by atoms with Gasteiger partial charge in [-0.25, -0.2) is 4.57 Å². The van der Waals surface area contributed by atoms with E-state index in [0.29, 0.717) is 18.7 Å². The molecule has 0 saturated carbocycles. The van der Waals surface area contributed by atoms with E-state index in [1.807, 2.05) is 6.26 Å². The number of halogens is 3.